The van der Waals surface area contributed by atoms with E-state index in [1.54, 1.807) is 0 Å². The van der Waals surface area contributed by atoms with Gasteiger partial charge >= 0.3 is 0 Å². The molecule has 1 unspecified atom stereocenters. The van der Waals surface area contributed by atoms with Crippen LogP contribution in [0.3, 0.4) is 0 Å². The topological polar surface area (TPSA) is 24.1 Å². The highest BCUT2D eigenvalue weighted by Crippen LogP contribution is 2.31. The average Bonchev–Trinajstić information content (AvgIpc) is 2.13. The molecule has 76 valence electrons. The summed E-state index contributed by atoms with van der Waals surface area (Å²) in [7, 11) is 0. The fourth-order valence-corrected chi connectivity index (χ4v) is 2.37. The third-order valence-corrected chi connectivity index (χ3v) is 3.67. The minimum atomic E-state index is 0.497. The molecule has 0 bridgehead atoms. The van der Waals surface area contributed by atoms with Crippen LogP contribution in [0.1, 0.15) is 39.0 Å². The van der Waals surface area contributed by atoms with Crippen LogP contribution in [0.5, 0.6) is 0 Å². The zero-order valence-electron chi connectivity index (χ0n) is 8.73. The van der Waals surface area contributed by atoms with Gasteiger partial charge in [0.2, 0.25) is 0 Å². The molecule has 13 heavy (non-hydrogen) atoms. The van der Waals surface area contributed by atoms with Crippen LogP contribution in [-0.2, 0) is 0 Å². The van der Waals surface area contributed by atoms with Gasteiger partial charge in [-0.15, -0.1) is 0 Å². The van der Waals surface area contributed by atoms with Crippen molar-refractivity contribution in [1.29, 1.82) is 0 Å². The lowest BCUT2D eigenvalue weighted by Gasteiger charge is -2.41. The van der Waals surface area contributed by atoms with E-state index in [0.29, 0.717) is 5.54 Å². The Bertz CT molecular complexity index is 157. The maximum atomic E-state index is 3.73. The summed E-state index contributed by atoms with van der Waals surface area (Å²) in [6, 6.07) is 0. The molecule has 1 saturated heterocycles. The molecule has 0 aromatic carbocycles. The Morgan fingerprint density at radius 1 is 1.38 bits per heavy atom. The lowest BCUT2D eigenvalue weighted by molar-refractivity contribution is 0.190. The van der Waals surface area contributed by atoms with E-state index in [9.17, 15) is 0 Å². The molecule has 2 fully saturated rings. The first-order valence-corrected chi connectivity index (χ1v) is 5.74. The van der Waals surface area contributed by atoms with Crippen LogP contribution in [0.4, 0.5) is 0 Å². The van der Waals surface area contributed by atoms with Crippen molar-refractivity contribution in [1.82, 2.24) is 10.6 Å². The molecular formula is C11H22N2. The fourth-order valence-electron chi connectivity index (χ4n) is 2.37. The van der Waals surface area contributed by atoms with Crippen molar-refractivity contribution < 1.29 is 0 Å². The van der Waals surface area contributed by atoms with Gasteiger partial charge in [0.15, 0.2) is 0 Å². The summed E-state index contributed by atoms with van der Waals surface area (Å²) in [6.45, 7) is 6.05. The summed E-state index contributed by atoms with van der Waals surface area (Å²) in [5, 5.41) is 7.19. The number of rotatable bonds is 3. The van der Waals surface area contributed by atoms with Crippen LogP contribution in [0.15, 0.2) is 0 Å². The van der Waals surface area contributed by atoms with Gasteiger partial charge in [0.1, 0.15) is 0 Å². The maximum Gasteiger partial charge on any atom is 0.0153 e. The van der Waals surface area contributed by atoms with Crippen molar-refractivity contribution in [3.63, 3.8) is 0 Å². The molecule has 1 aliphatic carbocycles. The summed E-state index contributed by atoms with van der Waals surface area (Å²) < 4.78 is 0. The van der Waals surface area contributed by atoms with E-state index in [2.05, 4.69) is 17.6 Å². The second-order valence-electron chi connectivity index (χ2n) is 5.01. The van der Waals surface area contributed by atoms with Crippen molar-refractivity contribution in [3.05, 3.63) is 0 Å². The zero-order valence-corrected chi connectivity index (χ0v) is 8.73. The first kappa shape index (κ1) is 9.47. The standard InChI is InChI=1S/C11H22N2/c1-11(5-3-6-11)13-9-10-4-2-7-12-8-10/h10,12-13H,2-9H2,1H3. The van der Waals surface area contributed by atoms with Crippen LogP contribution in [0.2, 0.25) is 0 Å². The molecule has 0 aromatic rings. The molecule has 2 nitrogen and oxygen atoms in total. The van der Waals surface area contributed by atoms with Crippen molar-refractivity contribution in [2.24, 2.45) is 5.92 Å². The van der Waals surface area contributed by atoms with Gasteiger partial charge in [-0.05, 0) is 64.6 Å². The minimum absolute atomic E-state index is 0.497. The smallest absolute Gasteiger partial charge is 0.0153 e. The van der Waals surface area contributed by atoms with Crippen LogP contribution in [0.25, 0.3) is 0 Å². The van der Waals surface area contributed by atoms with Crippen molar-refractivity contribution >= 4 is 0 Å². The van der Waals surface area contributed by atoms with E-state index in [1.165, 1.54) is 51.7 Å². The Morgan fingerprint density at radius 3 is 2.77 bits per heavy atom. The Morgan fingerprint density at radius 2 is 2.23 bits per heavy atom. The van der Waals surface area contributed by atoms with Gasteiger partial charge < -0.3 is 10.6 Å². The normalized spacial score (nSPS) is 32.5. The number of piperidine rings is 1. The molecular weight excluding hydrogens is 160 g/mol. The predicted molar refractivity (Wildman–Crippen MR) is 55.9 cm³/mol. The van der Waals surface area contributed by atoms with Gasteiger partial charge in [0, 0.05) is 5.54 Å². The predicted octanol–water partition coefficient (Wildman–Crippen LogP) is 1.52. The number of nitrogens with one attached hydrogen (secondary N) is 2. The van der Waals surface area contributed by atoms with Crippen molar-refractivity contribution in [2.45, 2.75) is 44.6 Å². The summed E-state index contributed by atoms with van der Waals surface area (Å²) in [5.74, 6) is 0.881. The van der Waals surface area contributed by atoms with E-state index < -0.39 is 0 Å². The van der Waals surface area contributed by atoms with Gasteiger partial charge in [-0.25, -0.2) is 0 Å². The van der Waals surface area contributed by atoms with Gasteiger partial charge in [-0.3, -0.25) is 0 Å². The largest absolute Gasteiger partial charge is 0.316 e. The zero-order chi connectivity index (χ0) is 9.15. The highest BCUT2D eigenvalue weighted by atomic mass is 15.0. The Hall–Kier alpha value is -0.0800. The summed E-state index contributed by atoms with van der Waals surface area (Å²) in [6.07, 6.45) is 6.96. The first-order chi connectivity index (χ1) is 6.29. The molecule has 1 heterocycles. The summed E-state index contributed by atoms with van der Waals surface area (Å²) in [4.78, 5) is 0. The van der Waals surface area contributed by atoms with Gasteiger partial charge in [0.05, 0.1) is 0 Å². The molecule has 0 aromatic heterocycles. The van der Waals surface area contributed by atoms with E-state index in [0.717, 1.165) is 5.92 Å². The maximum absolute atomic E-state index is 3.73. The molecule has 2 rings (SSSR count). The van der Waals surface area contributed by atoms with Crippen LogP contribution >= 0.6 is 0 Å². The quantitative estimate of drug-likeness (QED) is 0.691. The van der Waals surface area contributed by atoms with Crippen LogP contribution in [0, 0.1) is 5.92 Å². The van der Waals surface area contributed by atoms with Crippen molar-refractivity contribution in [2.75, 3.05) is 19.6 Å². The summed E-state index contributed by atoms with van der Waals surface area (Å²) in [5.41, 5.74) is 0.497. The molecule has 2 N–H and O–H groups in total. The van der Waals surface area contributed by atoms with E-state index in [-0.39, 0.29) is 0 Å². The molecule has 2 aliphatic rings. The third kappa shape index (κ3) is 2.44. The van der Waals surface area contributed by atoms with Gasteiger partial charge in [-0.2, -0.15) is 0 Å². The van der Waals surface area contributed by atoms with Crippen LogP contribution in [-0.4, -0.2) is 25.2 Å². The monoisotopic (exact) mass is 182 g/mol. The highest BCUT2D eigenvalue weighted by molar-refractivity contribution is 4.92. The van der Waals surface area contributed by atoms with E-state index in [4.69, 9.17) is 0 Å². The molecule has 1 atom stereocenters. The van der Waals surface area contributed by atoms with Crippen molar-refractivity contribution in [3.8, 4) is 0 Å². The second kappa shape index (κ2) is 3.97. The van der Waals surface area contributed by atoms with Gasteiger partial charge in [0.25, 0.3) is 0 Å². The second-order valence-corrected chi connectivity index (χ2v) is 5.01. The molecule has 1 aliphatic heterocycles. The highest BCUT2D eigenvalue weighted by Gasteiger charge is 2.31. The van der Waals surface area contributed by atoms with E-state index >= 15 is 0 Å². The van der Waals surface area contributed by atoms with Crippen LogP contribution < -0.4 is 10.6 Å². The summed E-state index contributed by atoms with van der Waals surface area (Å²) >= 11 is 0. The fraction of sp³-hybridized carbons (Fsp3) is 1.00. The lowest BCUT2D eigenvalue weighted by atomic mass is 9.78. The molecule has 0 spiro atoms. The SMILES string of the molecule is CC1(NCC2CCCNC2)CCC1. The number of hydrogen-bond donors (Lipinski definition) is 2. The third-order valence-electron chi connectivity index (χ3n) is 3.67. The van der Waals surface area contributed by atoms with E-state index in [1.807, 2.05) is 0 Å². The Labute approximate surface area is 81.5 Å². The first-order valence-electron chi connectivity index (χ1n) is 5.74. The Kier molecular flexibility index (Phi) is 2.89. The molecule has 2 heteroatoms. The molecule has 0 radical (unpaired) electrons. The van der Waals surface area contributed by atoms with Gasteiger partial charge in [-0.1, -0.05) is 0 Å². The minimum Gasteiger partial charge on any atom is -0.316 e. The lowest BCUT2D eigenvalue weighted by Crippen LogP contribution is -2.51. The Balaban J connectivity index is 1.66. The number of hydrogen-bond acceptors (Lipinski definition) is 2. The molecule has 1 saturated carbocycles. The average molecular weight is 182 g/mol. The molecule has 0 amide bonds.